The SMILES string of the molecule is CCN(CC)c1ccc(/N=N/c2snc(C)c2C#N)c(NC(C)=C=O)c1. The summed E-state index contributed by atoms with van der Waals surface area (Å²) in [5.74, 6) is 1.83. The van der Waals surface area contributed by atoms with Crippen molar-refractivity contribution >= 4 is 39.5 Å². The lowest BCUT2D eigenvalue weighted by molar-refractivity contribution is 0.567. The van der Waals surface area contributed by atoms with E-state index in [2.05, 4.69) is 44.7 Å². The van der Waals surface area contributed by atoms with E-state index >= 15 is 0 Å². The van der Waals surface area contributed by atoms with Crippen molar-refractivity contribution in [3.8, 4) is 6.07 Å². The van der Waals surface area contributed by atoms with Gasteiger partial charge in [0.2, 0.25) is 0 Å². The van der Waals surface area contributed by atoms with Gasteiger partial charge in [-0.1, -0.05) is 0 Å². The molecule has 0 spiro atoms. The van der Waals surface area contributed by atoms with E-state index < -0.39 is 0 Å². The van der Waals surface area contributed by atoms with Gasteiger partial charge in [-0.3, -0.25) is 0 Å². The Morgan fingerprint density at radius 2 is 2.08 bits per heavy atom. The minimum atomic E-state index is 0.351. The maximum atomic E-state index is 10.9. The van der Waals surface area contributed by atoms with E-state index in [9.17, 15) is 10.1 Å². The zero-order valence-corrected chi connectivity index (χ0v) is 16.0. The molecule has 134 valence electrons. The summed E-state index contributed by atoms with van der Waals surface area (Å²) in [5.41, 5.74) is 3.65. The van der Waals surface area contributed by atoms with Gasteiger partial charge in [-0.25, -0.2) is 4.79 Å². The lowest BCUT2D eigenvalue weighted by Crippen LogP contribution is -2.21. The molecule has 0 saturated carbocycles. The highest BCUT2D eigenvalue weighted by Crippen LogP contribution is 2.34. The van der Waals surface area contributed by atoms with Gasteiger partial charge in [0.05, 0.1) is 17.1 Å². The molecule has 1 aromatic carbocycles. The Morgan fingerprint density at radius 3 is 2.69 bits per heavy atom. The number of allylic oxidation sites excluding steroid dienone is 1. The summed E-state index contributed by atoms with van der Waals surface area (Å²) < 4.78 is 4.13. The molecular formula is C18H20N6OS. The summed E-state index contributed by atoms with van der Waals surface area (Å²) >= 11 is 1.13. The van der Waals surface area contributed by atoms with Crippen molar-refractivity contribution in [1.82, 2.24) is 4.37 Å². The van der Waals surface area contributed by atoms with Gasteiger partial charge in [0.15, 0.2) is 5.00 Å². The first-order valence-electron chi connectivity index (χ1n) is 8.19. The van der Waals surface area contributed by atoms with Gasteiger partial charge in [-0.05, 0) is 57.4 Å². The Balaban J connectivity index is 2.44. The molecule has 1 N–H and O–H groups in total. The Morgan fingerprint density at radius 1 is 1.35 bits per heavy atom. The first-order chi connectivity index (χ1) is 12.5. The van der Waals surface area contributed by atoms with Crippen molar-refractivity contribution in [3.05, 3.63) is 35.2 Å². The van der Waals surface area contributed by atoms with Crippen LogP contribution in [-0.4, -0.2) is 23.4 Å². The lowest BCUT2D eigenvalue weighted by atomic mass is 10.2. The largest absolute Gasteiger partial charge is 0.372 e. The van der Waals surface area contributed by atoms with Crippen LogP contribution in [-0.2, 0) is 4.79 Å². The van der Waals surface area contributed by atoms with Crippen LogP contribution in [0.1, 0.15) is 32.0 Å². The van der Waals surface area contributed by atoms with E-state index in [0.29, 0.717) is 33.3 Å². The minimum Gasteiger partial charge on any atom is -0.372 e. The number of aryl methyl sites for hydroxylation is 1. The average molecular weight is 368 g/mol. The van der Waals surface area contributed by atoms with E-state index in [1.807, 2.05) is 24.1 Å². The summed E-state index contributed by atoms with van der Waals surface area (Å²) in [4.78, 5) is 13.1. The summed E-state index contributed by atoms with van der Waals surface area (Å²) in [6, 6.07) is 7.80. The molecule has 7 nitrogen and oxygen atoms in total. The van der Waals surface area contributed by atoms with Gasteiger partial charge in [0.25, 0.3) is 0 Å². The van der Waals surface area contributed by atoms with Crippen LogP contribution in [0.2, 0.25) is 0 Å². The molecule has 1 heterocycles. The first-order valence-corrected chi connectivity index (χ1v) is 8.97. The van der Waals surface area contributed by atoms with Crippen molar-refractivity contribution in [1.29, 1.82) is 5.26 Å². The molecule has 0 radical (unpaired) electrons. The first kappa shape index (κ1) is 19.3. The summed E-state index contributed by atoms with van der Waals surface area (Å²) in [6.07, 6.45) is 0. The maximum absolute atomic E-state index is 10.9. The number of hydrogen-bond donors (Lipinski definition) is 1. The second-order valence-corrected chi connectivity index (χ2v) is 6.24. The van der Waals surface area contributed by atoms with Crippen LogP contribution in [0.25, 0.3) is 0 Å². The van der Waals surface area contributed by atoms with Gasteiger partial charge in [0, 0.05) is 18.8 Å². The van der Waals surface area contributed by atoms with E-state index in [1.54, 1.807) is 13.8 Å². The summed E-state index contributed by atoms with van der Waals surface area (Å²) in [5, 5.41) is 21.1. The van der Waals surface area contributed by atoms with Crippen LogP contribution in [0.5, 0.6) is 0 Å². The number of aromatic nitrogens is 1. The van der Waals surface area contributed by atoms with E-state index in [-0.39, 0.29) is 0 Å². The van der Waals surface area contributed by atoms with Crippen molar-refractivity contribution in [2.75, 3.05) is 23.3 Å². The monoisotopic (exact) mass is 368 g/mol. The second-order valence-electron chi connectivity index (χ2n) is 5.49. The fraction of sp³-hybridized carbons (Fsp3) is 0.333. The summed E-state index contributed by atoms with van der Waals surface area (Å²) in [7, 11) is 0. The lowest BCUT2D eigenvalue weighted by Gasteiger charge is -2.22. The molecule has 0 amide bonds. The van der Waals surface area contributed by atoms with Crippen molar-refractivity contribution in [3.63, 3.8) is 0 Å². The van der Waals surface area contributed by atoms with Gasteiger partial charge in [-0.2, -0.15) is 9.64 Å². The molecule has 0 fully saturated rings. The number of hydrogen-bond acceptors (Lipinski definition) is 8. The number of nitriles is 1. The van der Waals surface area contributed by atoms with Crippen LogP contribution < -0.4 is 10.2 Å². The molecule has 0 aliphatic heterocycles. The number of anilines is 2. The van der Waals surface area contributed by atoms with Gasteiger partial charge >= 0.3 is 0 Å². The quantitative estimate of drug-likeness (QED) is 0.563. The molecule has 1 aromatic heterocycles. The minimum absolute atomic E-state index is 0.351. The summed E-state index contributed by atoms with van der Waals surface area (Å²) in [6.45, 7) is 9.29. The smallest absolute Gasteiger partial charge is 0.176 e. The van der Waals surface area contributed by atoms with Crippen LogP contribution >= 0.6 is 11.5 Å². The standard InChI is InChI=1S/C18H20N6OS/c1-5-24(6-2)14-7-8-16(17(9-14)20-12(3)11-25)21-22-18-15(10-19)13(4)23-26-18/h7-9,20H,5-6H2,1-4H3/b22-21+. The molecule has 2 rings (SSSR count). The Hall–Kier alpha value is -3.01. The van der Waals surface area contributed by atoms with Crippen molar-refractivity contribution < 1.29 is 4.79 Å². The molecule has 0 unspecified atom stereocenters. The fourth-order valence-corrected chi connectivity index (χ4v) is 3.05. The molecule has 0 atom stereocenters. The van der Waals surface area contributed by atoms with Crippen LogP contribution in [0, 0.1) is 18.3 Å². The normalized spacial score (nSPS) is 10.4. The molecule has 8 heteroatoms. The number of carbonyl (C=O) groups excluding carboxylic acids is 1. The molecule has 0 bridgehead atoms. The molecule has 2 aromatic rings. The third-order valence-corrected chi connectivity index (χ3v) is 4.61. The van der Waals surface area contributed by atoms with Gasteiger partial charge < -0.3 is 10.2 Å². The highest BCUT2D eigenvalue weighted by molar-refractivity contribution is 7.10. The van der Waals surface area contributed by atoms with Gasteiger partial charge in [0.1, 0.15) is 23.3 Å². The van der Waals surface area contributed by atoms with Crippen LogP contribution in [0.4, 0.5) is 22.1 Å². The topological polar surface area (TPSA) is 93.7 Å². The number of nitrogens with one attached hydrogen (secondary N) is 1. The predicted molar refractivity (Wildman–Crippen MR) is 104 cm³/mol. The molecule has 0 saturated heterocycles. The number of rotatable bonds is 7. The van der Waals surface area contributed by atoms with E-state index in [1.165, 1.54) is 0 Å². The Labute approximate surface area is 156 Å². The third kappa shape index (κ3) is 4.33. The number of benzene rings is 1. The zero-order valence-electron chi connectivity index (χ0n) is 15.2. The fourth-order valence-electron chi connectivity index (χ4n) is 2.38. The van der Waals surface area contributed by atoms with E-state index in [4.69, 9.17) is 0 Å². The highest BCUT2D eigenvalue weighted by Gasteiger charge is 2.11. The maximum Gasteiger partial charge on any atom is 0.176 e. The average Bonchev–Trinajstić information content (AvgIpc) is 3.01. The Bertz CT molecular complexity index is 901. The van der Waals surface area contributed by atoms with Crippen LogP contribution in [0.3, 0.4) is 0 Å². The predicted octanol–water partition coefficient (Wildman–Crippen LogP) is 4.73. The number of nitrogens with zero attached hydrogens (tertiary/aromatic N) is 5. The third-order valence-electron chi connectivity index (χ3n) is 3.79. The zero-order chi connectivity index (χ0) is 19.1. The highest BCUT2D eigenvalue weighted by atomic mass is 32.1. The molecular weight excluding hydrogens is 348 g/mol. The van der Waals surface area contributed by atoms with Crippen LogP contribution in [0.15, 0.2) is 34.1 Å². The molecule has 0 aliphatic rings. The van der Waals surface area contributed by atoms with Gasteiger partial charge in [-0.15, -0.1) is 10.2 Å². The van der Waals surface area contributed by atoms with E-state index in [0.717, 1.165) is 30.3 Å². The molecule has 0 aliphatic carbocycles. The number of azo groups is 1. The van der Waals surface area contributed by atoms with Crippen molar-refractivity contribution in [2.45, 2.75) is 27.7 Å². The Kier molecular flexibility index (Phi) is 6.61. The van der Waals surface area contributed by atoms with Crippen molar-refractivity contribution in [2.24, 2.45) is 10.2 Å². The molecule has 26 heavy (non-hydrogen) atoms. The second kappa shape index (κ2) is 8.90.